The predicted molar refractivity (Wildman–Crippen MR) is 159 cm³/mol. The summed E-state index contributed by atoms with van der Waals surface area (Å²) >= 11 is 0. The molecule has 1 heterocycles. The Morgan fingerprint density at radius 3 is 2.09 bits per heavy atom. The average molecular weight is 596 g/mol. The maximum atomic E-state index is 13.7. The van der Waals surface area contributed by atoms with Gasteiger partial charge in [-0.15, -0.1) is 0 Å². The molecular weight excluding hydrogens is 560 g/mol. The van der Waals surface area contributed by atoms with Crippen LogP contribution in [0.15, 0.2) is 66.7 Å². The lowest BCUT2D eigenvalue weighted by Crippen LogP contribution is -2.50. The highest BCUT2D eigenvalue weighted by Gasteiger charge is 2.30. The largest absolute Gasteiger partial charge is 0.491 e. The zero-order valence-corrected chi connectivity index (χ0v) is 24.4. The molecule has 4 rings (SSSR count). The number of urea groups is 2. The number of ether oxygens (including phenoxy) is 2. The molecule has 3 N–H and O–H groups in total. The number of amides is 5. The van der Waals surface area contributed by atoms with Gasteiger partial charge in [0.25, 0.3) is 5.91 Å². The van der Waals surface area contributed by atoms with Crippen molar-refractivity contribution in [1.82, 2.24) is 9.80 Å². The standard InChI is InChI=1S/C31H35F2N5O5/c1-19-16-38(31(41)36-24-10-6-8-22(33)14-24)20(2)18-43-27-12-11-25(15-26(27)29(39)37(3)17-28(19)42-4)35-30(40)34-23-9-5-7-21(32)13-23/h5-15,19-20,28H,16-18H2,1-4H3,(H,36,41)(H2,34,35,40)/t19-,20-,28-/m1/s1. The number of nitrogens with one attached hydrogen (secondary N) is 3. The third kappa shape index (κ3) is 8.19. The first-order valence-corrected chi connectivity index (χ1v) is 13.8. The van der Waals surface area contributed by atoms with Crippen LogP contribution in [0.2, 0.25) is 0 Å². The first-order valence-electron chi connectivity index (χ1n) is 13.8. The van der Waals surface area contributed by atoms with Crippen LogP contribution in [0.25, 0.3) is 0 Å². The molecule has 0 bridgehead atoms. The minimum absolute atomic E-state index is 0.0395. The van der Waals surface area contributed by atoms with Gasteiger partial charge in [-0.25, -0.2) is 18.4 Å². The number of rotatable bonds is 4. The molecule has 0 fully saturated rings. The number of methoxy groups -OCH3 is 1. The van der Waals surface area contributed by atoms with E-state index in [1.54, 1.807) is 43.3 Å². The van der Waals surface area contributed by atoms with Gasteiger partial charge >= 0.3 is 12.1 Å². The van der Waals surface area contributed by atoms with Crippen molar-refractivity contribution in [3.05, 3.63) is 83.9 Å². The minimum atomic E-state index is -0.623. The van der Waals surface area contributed by atoms with E-state index < -0.39 is 35.8 Å². The first-order chi connectivity index (χ1) is 20.5. The summed E-state index contributed by atoms with van der Waals surface area (Å²) in [6.45, 7) is 4.26. The fourth-order valence-electron chi connectivity index (χ4n) is 4.76. The number of nitrogens with zero attached hydrogens (tertiary/aromatic N) is 2. The fraction of sp³-hybridized carbons (Fsp3) is 0.323. The average Bonchev–Trinajstić information content (AvgIpc) is 2.96. The zero-order chi connectivity index (χ0) is 31.1. The number of anilines is 3. The van der Waals surface area contributed by atoms with Crippen LogP contribution in [0.1, 0.15) is 24.2 Å². The van der Waals surface area contributed by atoms with Crippen molar-refractivity contribution < 1.29 is 32.6 Å². The van der Waals surface area contributed by atoms with E-state index in [9.17, 15) is 23.2 Å². The summed E-state index contributed by atoms with van der Waals surface area (Å²) < 4.78 is 39.0. The molecule has 1 aliphatic heterocycles. The molecule has 0 saturated heterocycles. The molecule has 12 heteroatoms. The maximum absolute atomic E-state index is 13.7. The summed E-state index contributed by atoms with van der Waals surface area (Å²) in [7, 11) is 3.17. The van der Waals surface area contributed by atoms with E-state index in [-0.39, 0.29) is 48.5 Å². The van der Waals surface area contributed by atoms with Gasteiger partial charge in [0, 0.05) is 50.2 Å². The van der Waals surface area contributed by atoms with Crippen molar-refractivity contribution >= 4 is 35.0 Å². The number of halogens is 2. The summed E-state index contributed by atoms with van der Waals surface area (Å²) in [6, 6.07) is 14.2. The highest BCUT2D eigenvalue weighted by molar-refractivity contribution is 6.02. The lowest BCUT2D eigenvalue weighted by molar-refractivity contribution is 0.0174. The van der Waals surface area contributed by atoms with Crippen LogP contribution in [0.3, 0.4) is 0 Å². The van der Waals surface area contributed by atoms with Crippen molar-refractivity contribution in [3.63, 3.8) is 0 Å². The summed E-state index contributed by atoms with van der Waals surface area (Å²) in [5.74, 6) is -1.26. The van der Waals surface area contributed by atoms with Gasteiger partial charge in [0.05, 0.1) is 17.7 Å². The van der Waals surface area contributed by atoms with Crippen LogP contribution in [0.5, 0.6) is 5.75 Å². The number of hydrogen-bond donors (Lipinski definition) is 3. The van der Waals surface area contributed by atoms with E-state index in [0.717, 1.165) is 0 Å². The van der Waals surface area contributed by atoms with Crippen LogP contribution in [-0.4, -0.2) is 73.8 Å². The second-order valence-electron chi connectivity index (χ2n) is 10.5. The number of likely N-dealkylation sites (N-methyl/N-ethyl adjacent to an activating group) is 1. The van der Waals surface area contributed by atoms with Gasteiger partial charge in [0.15, 0.2) is 0 Å². The van der Waals surface area contributed by atoms with Gasteiger partial charge in [-0.2, -0.15) is 0 Å². The van der Waals surface area contributed by atoms with E-state index in [2.05, 4.69) is 16.0 Å². The van der Waals surface area contributed by atoms with Gasteiger partial charge in [-0.3, -0.25) is 4.79 Å². The quantitative estimate of drug-likeness (QED) is 0.361. The van der Waals surface area contributed by atoms with Gasteiger partial charge in [0.1, 0.15) is 24.0 Å². The Balaban J connectivity index is 1.58. The van der Waals surface area contributed by atoms with Gasteiger partial charge in [0.2, 0.25) is 0 Å². The minimum Gasteiger partial charge on any atom is -0.491 e. The van der Waals surface area contributed by atoms with E-state index in [0.29, 0.717) is 11.4 Å². The van der Waals surface area contributed by atoms with Crippen LogP contribution >= 0.6 is 0 Å². The Labute approximate surface area is 248 Å². The Hall–Kier alpha value is -4.71. The summed E-state index contributed by atoms with van der Waals surface area (Å²) in [6.07, 6.45) is -0.423. The van der Waals surface area contributed by atoms with Gasteiger partial charge in [-0.05, 0) is 61.5 Å². The smallest absolute Gasteiger partial charge is 0.323 e. The lowest BCUT2D eigenvalue weighted by atomic mass is 10.0. The molecule has 0 saturated carbocycles. The second-order valence-corrected chi connectivity index (χ2v) is 10.5. The topological polar surface area (TPSA) is 112 Å². The molecule has 228 valence electrons. The molecule has 0 radical (unpaired) electrons. The molecule has 3 atom stereocenters. The van der Waals surface area contributed by atoms with Crippen molar-refractivity contribution in [2.75, 3.05) is 49.8 Å². The second kappa shape index (κ2) is 14.0. The van der Waals surface area contributed by atoms with E-state index in [1.807, 2.05) is 13.8 Å². The van der Waals surface area contributed by atoms with E-state index in [4.69, 9.17) is 9.47 Å². The van der Waals surface area contributed by atoms with Crippen LogP contribution in [-0.2, 0) is 4.74 Å². The number of carbonyl (C=O) groups excluding carboxylic acids is 3. The number of benzene rings is 3. The third-order valence-electron chi connectivity index (χ3n) is 7.12. The molecule has 3 aromatic rings. The Morgan fingerprint density at radius 2 is 1.49 bits per heavy atom. The molecule has 10 nitrogen and oxygen atoms in total. The Morgan fingerprint density at radius 1 is 0.884 bits per heavy atom. The van der Waals surface area contributed by atoms with Gasteiger partial charge in [-0.1, -0.05) is 19.1 Å². The van der Waals surface area contributed by atoms with Crippen LogP contribution in [0, 0.1) is 17.6 Å². The monoisotopic (exact) mass is 595 g/mol. The Bertz CT molecular complexity index is 1470. The van der Waals surface area contributed by atoms with Crippen molar-refractivity contribution in [1.29, 1.82) is 0 Å². The molecule has 3 aromatic carbocycles. The zero-order valence-electron chi connectivity index (χ0n) is 24.4. The summed E-state index contributed by atoms with van der Waals surface area (Å²) in [5, 5.41) is 7.95. The van der Waals surface area contributed by atoms with E-state index >= 15 is 0 Å². The van der Waals surface area contributed by atoms with E-state index in [1.165, 1.54) is 47.4 Å². The number of fused-ring (bicyclic) bond motifs is 1. The van der Waals surface area contributed by atoms with Crippen molar-refractivity contribution in [2.24, 2.45) is 5.92 Å². The SMILES string of the molecule is CO[C@@H]1CN(C)C(=O)c2cc(NC(=O)Nc3cccc(F)c3)ccc2OC[C@@H](C)N(C(=O)Nc2cccc(F)c2)C[C@H]1C. The molecule has 0 spiro atoms. The number of hydrogen-bond acceptors (Lipinski definition) is 5. The van der Waals surface area contributed by atoms with Crippen molar-refractivity contribution in [2.45, 2.75) is 26.0 Å². The fourth-order valence-corrected chi connectivity index (χ4v) is 4.76. The van der Waals surface area contributed by atoms with Crippen molar-refractivity contribution in [3.8, 4) is 5.75 Å². The third-order valence-corrected chi connectivity index (χ3v) is 7.12. The highest BCUT2D eigenvalue weighted by Crippen LogP contribution is 2.27. The van der Waals surface area contributed by atoms with Crippen LogP contribution in [0.4, 0.5) is 35.4 Å². The van der Waals surface area contributed by atoms with Crippen LogP contribution < -0.4 is 20.7 Å². The summed E-state index contributed by atoms with van der Waals surface area (Å²) in [5.41, 5.74) is 1.09. The molecular formula is C31H35F2N5O5. The highest BCUT2D eigenvalue weighted by atomic mass is 19.1. The predicted octanol–water partition coefficient (Wildman–Crippen LogP) is 5.65. The first kappa shape index (κ1) is 31.2. The molecule has 5 amide bonds. The normalized spacial score (nSPS) is 19.3. The molecule has 43 heavy (non-hydrogen) atoms. The maximum Gasteiger partial charge on any atom is 0.323 e. The molecule has 0 aromatic heterocycles. The molecule has 0 unspecified atom stereocenters. The Kier molecular flexibility index (Phi) is 10.1. The van der Waals surface area contributed by atoms with Gasteiger partial charge < -0.3 is 35.2 Å². The number of carbonyl (C=O) groups is 3. The lowest BCUT2D eigenvalue weighted by Gasteiger charge is -2.36. The molecule has 1 aliphatic rings. The summed E-state index contributed by atoms with van der Waals surface area (Å²) in [4.78, 5) is 42.6. The molecule has 0 aliphatic carbocycles.